The molecule has 1 unspecified atom stereocenters. The van der Waals surface area contributed by atoms with Crippen molar-refractivity contribution in [3.8, 4) is 5.75 Å². The predicted octanol–water partition coefficient (Wildman–Crippen LogP) is 2.00. The average molecular weight is 190 g/mol. The molecule has 0 aromatic heterocycles. The van der Waals surface area contributed by atoms with E-state index in [4.69, 9.17) is 4.74 Å². The van der Waals surface area contributed by atoms with Crippen LogP contribution >= 0.6 is 0 Å². The molecule has 74 valence electrons. The van der Waals surface area contributed by atoms with Gasteiger partial charge < -0.3 is 9.53 Å². The van der Waals surface area contributed by atoms with Crippen molar-refractivity contribution in [1.29, 1.82) is 0 Å². The number of hydrogen-bond acceptors (Lipinski definition) is 2. The van der Waals surface area contributed by atoms with Crippen LogP contribution in [0.5, 0.6) is 5.75 Å². The Labute approximate surface area is 83.9 Å². The third kappa shape index (κ3) is 1.65. The summed E-state index contributed by atoms with van der Waals surface area (Å²) in [4.78, 5) is 10.6. The van der Waals surface area contributed by atoms with E-state index in [1.54, 1.807) is 0 Å². The van der Waals surface area contributed by atoms with E-state index >= 15 is 0 Å². The van der Waals surface area contributed by atoms with Crippen LogP contribution in [0.4, 0.5) is 0 Å². The van der Waals surface area contributed by atoms with Gasteiger partial charge in [-0.2, -0.15) is 0 Å². The number of ether oxygens (including phenoxy) is 1. The van der Waals surface area contributed by atoms with Crippen LogP contribution in [0.15, 0.2) is 18.2 Å². The first-order chi connectivity index (χ1) is 6.81. The van der Waals surface area contributed by atoms with E-state index in [1.807, 2.05) is 19.1 Å². The zero-order valence-electron chi connectivity index (χ0n) is 8.32. The Hall–Kier alpha value is -1.31. The van der Waals surface area contributed by atoms with E-state index in [-0.39, 0.29) is 5.92 Å². The molecule has 0 saturated carbocycles. The fraction of sp³-hybridized carbons (Fsp3) is 0.417. The summed E-state index contributed by atoms with van der Waals surface area (Å²) in [7, 11) is 0. The van der Waals surface area contributed by atoms with Crippen molar-refractivity contribution in [1.82, 2.24) is 0 Å². The van der Waals surface area contributed by atoms with E-state index in [2.05, 4.69) is 6.07 Å². The van der Waals surface area contributed by atoms with Crippen molar-refractivity contribution in [2.75, 3.05) is 6.61 Å². The maximum absolute atomic E-state index is 10.6. The molecule has 2 nitrogen and oxygen atoms in total. The van der Waals surface area contributed by atoms with Crippen LogP contribution in [0.3, 0.4) is 0 Å². The van der Waals surface area contributed by atoms with Crippen molar-refractivity contribution < 1.29 is 9.53 Å². The van der Waals surface area contributed by atoms with Crippen molar-refractivity contribution in [3.05, 3.63) is 29.3 Å². The molecule has 1 atom stereocenters. The van der Waals surface area contributed by atoms with Gasteiger partial charge in [-0.3, -0.25) is 0 Å². The quantitative estimate of drug-likeness (QED) is 0.681. The molecule has 1 aromatic rings. The number of rotatable bonds is 3. The van der Waals surface area contributed by atoms with Gasteiger partial charge in [0.25, 0.3) is 0 Å². The molecule has 0 aliphatic carbocycles. The number of fused-ring (bicyclic) bond motifs is 1. The van der Waals surface area contributed by atoms with Crippen LogP contribution in [0.1, 0.15) is 18.1 Å². The van der Waals surface area contributed by atoms with Crippen molar-refractivity contribution in [2.45, 2.75) is 19.8 Å². The lowest BCUT2D eigenvalue weighted by molar-refractivity contribution is -0.110. The molecule has 0 spiro atoms. The van der Waals surface area contributed by atoms with Crippen LogP contribution < -0.4 is 4.74 Å². The number of carbonyl (C=O) groups is 1. The molecule has 1 heterocycles. The molecule has 1 aliphatic rings. The highest BCUT2D eigenvalue weighted by Gasteiger charge is 2.16. The standard InChI is InChI=1S/C12H14O2/c1-9(8-13)7-11-4-2-3-10-5-6-14-12(10)11/h2-4,8-9H,5-7H2,1H3. The summed E-state index contributed by atoms with van der Waals surface area (Å²) >= 11 is 0. The molecular weight excluding hydrogens is 176 g/mol. The fourth-order valence-electron chi connectivity index (χ4n) is 1.84. The second-order valence-corrected chi connectivity index (χ2v) is 3.82. The van der Waals surface area contributed by atoms with Crippen molar-refractivity contribution in [2.24, 2.45) is 5.92 Å². The fourth-order valence-corrected chi connectivity index (χ4v) is 1.84. The third-order valence-corrected chi connectivity index (χ3v) is 2.57. The number of para-hydroxylation sites is 1. The topological polar surface area (TPSA) is 26.3 Å². The summed E-state index contributed by atoms with van der Waals surface area (Å²) in [6.45, 7) is 2.71. The highest BCUT2D eigenvalue weighted by Crippen LogP contribution is 2.30. The molecule has 2 rings (SSSR count). The van der Waals surface area contributed by atoms with Gasteiger partial charge in [0.1, 0.15) is 12.0 Å². The average Bonchev–Trinajstić information content (AvgIpc) is 2.66. The highest BCUT2D eigenvalue weighted by molar-refractivity contribution is 5.55. The number of aldehydes is 1. The summed E-state index contributed by atoms with van der Waals surface area (Å²) < 4.78 is 5.56. The SMILES string of the molecule is CC(C=O)Cc1cccc2c1OCC2. The first kappa shape index (κ1) is 9.25. The van der Waals surface area contributed by atoms with E-state index < -0.39 is 0 Å². The van der Waals surface area contributed by atoms with Crippen LogP contribution in [0.25, 0.3) is 0 Å². The second-order valence-electron chi connectivity index (χ2n) is 3.82. The normalized spacial score (nSPS) is 15.8. The summed E-state index contributed by atoms with van der Waals surface area (Å²) in [6.07, 6.45) is 2.78. The Balaban J connectivity index is 2.26. The predicted molar refractivity (Wildman–Crippen MR) is 54.6 cm³/mol. The van der Waals surface area contributed by atoms with E-state index in [0.717, 1.165) is 31.5 Å². The van der Waals surface area contributed by atoms with Gasteiger partial charge >= 0.3 is 0 Å². The zero-order chi connectivity index (χ0) is 9.97. The van der Waals surface area contributed by atoms with Gasteiger partial charge in [-0.1, -0.05) is 25.1 Å². The molecule has 1 aromatic carbocycles. The molecule has 0 saturated heterocycles. The molecule has 0 N–H and O–H groups in total. The van der Waals surface area contributed by atoms with Gasteiger partial charge in [0, 0.05) is 12.3 Å². The van der Waals surface area contributed by atoms with Gasteiger partial charge in [0.15, 0.2) is 0 Å². The van der Waals surface area contributed by atoms with Gasteiger partial charge in [0.2, 0.25) is 0 Å². The van der Waals surface area contributed by atoms with E-state index in [0.29, 0.717) is 0 Å². The Morgan fingerprint density at radius 1 is 1.57 bits per heavy atom. The monoisotopic (exact) mass is 190 g/mol. The summed E-state index contributed by atoms with van der Waals surface area (Å²) in [6, 6.07) is 6.18. The van der Waals surface area contributed by atoms with Gasteiger partial charge in [-0.05, 0) is 17.5 Å². The molecule has 0 bridgehead atoms. The van der Waals surface area contributed by atoms with Crippen LogP contribution in [0, 0.1) is 5.92 Å². The molecule has 0 fully saturated rings. The summed E-state index contributed by atoms with van der Waals surface area (Å²) in [5.74, 6) is 1.09. The van der Waals surface area contributed by atoms with Crippen LogP contribution in [-0.4, -0.2) is 12.9 Å². The Morgan fingerprint density at radius 3 is 3.21 bits per heavy atom. The van der Waals surface area contributed by atoms with Crippen LogP contribution in [0.2, 0.25) is 0 Å². The summed E-state index contributed by atoms with van der Waals surface area (Å²) in [5.41, 5.74) is 2.44. The van der Waals surface area contributed by atoms with Gasteiger partial charge in [-0.15, -0.1) is 0 Å². The molecule has 0 radical (unpaired) electrons. The van der Waals surface area contributed by atoms with Crippen molar-refractivity contribution in [3.63, 3.8) is 0 Å². The first-order valence-electron chi connectivity index (χ1n) is 5.00. The van der Waals surface area contributed by atoms with Crippen LogP contribution in [-0.2, 0) is 17.6 Å². The minimum atomic E-state index is 0.0747. The molecule has 1 aliphatic heterocycles. The number of benzene rings is 1. The van der Waals surface area contributed by atoms with Gasteiger partial charge in [-0.25, -0.2) is 0 Å². The summed E-state index contributed by atoms with van der Waals surface area (Å²) in [5, 5.41) is 0. The maximum Gasteiger partial charge on any atom is 0.125 e. The molecular formula is C12H14O2. The lowest BCUT2D eigenvalue weighted by Gasteiger charge is -2.08. The number of hydrogen-bond donors (Lipinski definition) is 0. The Kier molecular flexibility index (Phi) is 2.53. The maximum atomic E-state index is 10.6. The minimum Gasteiger partial charge on any atom is -0.493 e. The molecule has 0 amide bonds. The first-order valence-corrected chi connectivity index (χ1v) is 5.00. The third-order valence-electron chi connectivity index (χ3n) is 2.57. The largest absolute Gasteiger partial charge is 0.493 e. The minimum absolute atomic E-state index is 0.0747. The second kappa shape index (κ2) is 3.82. The molecule has 2 heteroatoms. The van der Waals surface area contributed by atoms with E-state index in [1.165, 1.54) is 11.1 Å². The highest BCUT2D eigenvalue weighted by atomic mass is 16.5. The number of carbonyl (C=O) groups excluding carboxylic acids is 1. The van der Waals surface area contributed by atoms with E-state index in [9.17, 15) is 4.79 Å². The lowest BCUT2D eigenvalue weighted by Crippen LogP contribution is -2.02. The smallest absolute Gasteiger partial charge is 0.125 e. The lowest BCUT2D eigenvalue weighted by atomic mass is 9.99. The Bertz CT molecular complexity index is 344. The van der Waals surface area contributed by atoms with Gasteiger partial charge in [0.05, 0.1) is 6.61 Å². The zero-order valence-corrected chi connectivity index (χ0v) is 8.32. The van der Waals surface area contributed by atoms with Crippen molar-refractivity contribution >= 4 is 6.29 Å². The Morgan fingerprint density at radius 2 is 2.43 bits per heavy atom. The molecule has 14 heavy (non-hydrogen) atoms.